The number of hydrogen-bond donors (Lipinski definition) is 1. The largest absolute Gasteiger partial charge is 0.444 e. The minimum absolute atomic E-state index is 0.252. The van der Waals surface area contributed by atoms with Crippen LogP contribution in [0, 0.1) is 0 Å². The highest BCUT2D eigenvalue weighted by molar-refractivity contribution is 7.99. The summed E-state index contributed by atoms with van der Waals surface area (Å²) in [6, 6.07) is 22.8. The van der Waals surface area contributed by atoms with E-state index < -0.39 is 17.3 Å². The summed E-state index contributed by atoms with van der Waals surface area (Å²) in [5, 5.41) is 4.38. The van der Waals surface area contributed by atoms with Crippen LogP contribution >= 0.6 is 11.8 Å². The first-order chi connectivity index (χ1) is 23.0. The number of unbranched alkanes of at least 4 members (excludes halogenated alkanes) is 3. The second-order valence-electron chi connectivity index (χ2n) is 13.2. The Hall–Kier alpha value is -3.92. The second-order valence-corrected chi connectivity index (χ2v) is 14.3. The van der Waals surface area contributed by atoms with Gasteiger partial charge in [-0.3, -0.25) is 4.98 Å². The lowest BCUT2D eigenvalue weighted by atomic mass is 10.0. The molecule has 0 spiro atoms. The predicted octanol–water partition coefficient (Wildman–Crippen LogP) is 9.67. The van der Waals surface area contributed by atoms with Crippen molar-refractivity contribution in [2.24, 2.45) is 0 Å². The highest BCUT2D eigenvalue weighted by atomic mass is 32.2. The van der Waals surface area contributed by atoms with Crippen LogP contribution in [0.2, 0.25) is 0 Å². The first-order valence-corrected chi connectivity index (χ1v) is 17.7. The molecule has 0 atom stereocenters. The van der Waals surface area contributed by atoms with Gasteiger partial charge in [0.05, 0.1) is 11.1 Å². The summed E-state index contributed by atoms with van der Waals surface area (Å²) < 4.78 is 44.8. The first kappa shape index (κ1) is 35.4. The summed E-state index contributed by atoms with van der Waals surface area (Å²) in [6.07, 6.45) is 2.05. The minimum Gasteiger partial charge on any atom is -0.444 e. The van der Waals surface area contributed by atoms with Gasteiger partial charge in [0.15, 0.2) is 0 Å². The molecule has 2 heterocycles. The number of benzene rings is 3. The van der Waals surface area contributed by atoms with E-state index in [0.29, 0.717) is 18.6 Å². The summed E-state index contributed by atoms with van der Waals surface area (Å²) in [6.45, 7) is 9.31. The molecule has 0 saturated carbocycles. The normalized spacial score (nSPS) is 14.0. The topological polar surface area (TPSA) is 57.7 Å². The van der Waals surface area contributed by atoms with Gasteiger partial charge in [-0.25, -0.2) is 4.79 Å². The zero-order valence-corrected chi connectivity index (χ0v) is 28.8. The van der Waals surface area contributed by atoms with E-state index in [2.05, 4.69) is 57.7 Å². The zero-order chi connectivity index (χ0) is 34.1. The van der Waals surface area contributed by atoms with Crippen LogP contribution < -0.4 is 10.2 Å². The molecule has 1 N–H and O–H groups in total. The van der Waals surface area contributed by atoms with Crippen LogP contribution in [0.25, 0.3) is 10.9 Å². The smallest absolute Gasteiger partial charge is 0.416 e. The molecular formula is C38H45F3N4O2S. The number of pyridine rings is 1. The number of thioether (sulfide) groups is 1. The maximum Gasteiger partial charge on any atom is 0.416 e. The van der Waals surface area contributed by atoms with Crippen molar-refractivity contribution in [3.63, 3.8) is 0 Å². The number of carbonyl (C=O) groups is 1. The summed E-state index contributed by atoms with van der Waals surface area (Å²) in [7, 11) is 0. The molecule has 3 aromatic carbocycles. The summed E-state index contributed by atoms with van der Waals surface area (Å²) >= 11 is 1.68. The number of hydrogen-bond acceptors (Lipinski definition) is 6. The molecule has 1 saturated heterocycles. The number of alkyl halides is 3. The Morgan fingerprint density at radius 1 is 0.896 bits per heavy atom. The van der Waals surface area contributed by atoms with Crippen LogP contribution in [0.1, 0.15) is 63.1 Å². The monoisotopic (exact) mass is 678 g/mol. The van der Waals surface area contributed by atoms with Crippen molar-refractivity contribution in [2.45, 2.75) is 69.5 Å². The molecule has 10 heteroatoms. The van der Waals surface area contributed by atoms with E-state index in [1.165, 1.54) is 22.9 Å². The lowest BCUT2D eigenvalue weighted by Crippen LogP contribution is -2.50. The number of nitrogens with zero attached hydrogens (tertiary/aromatic N) is 3. The maximum absolute atomic E-state index is 13.1. The van der Waals surface area contributed by atoms with Crippen molar-refractivity contribution >= 4 is 40.1 Å². The molecule has 1 amide bonds. The molecule has 0 radical (unpaired) electrons. The van der Waals surface area contributed by atoms with Gasteiger partial charge in [0.25, 0.3) is 0 Å². The van der Waals surface area contributed by atoms with Gasteiger partial charge in [0.1, 0.15) is 5.60 Å². The van der Waals surface area contributed by atoms with Crippen LogP contribution in [-0.4, -0.2) is 60.1 Å². The maximum atomic E-state index is 13.1. The number of ether oxygens (including phenoxy) is 1. The number of amides is 1. The molecule has 1 aliphatic rings. The van der Waals surface area contributed by atoms with E-state index in [-0.39, 0.29) is 6.09 Å². The van der Waals surface area contributed by atoms with E-state index in [0.717, 1.165) is 85.6 Å². The van der Waals surface area contributed by atoms with Gasteiger partial charge in [0, 0.05) is 60.6 Å². The minimum atomic E-state index is -4.37. The Kier molecular flexibility index (Phi) is 11.8. The van der Waals surface area contributed by atoms with Gasteiger partial charge in [0.2, 0.25) is 0 Å². The predicted molar refractivity (Wildman–Crippen MR) is 190 cm³/mol. The third kappa shape index (κ3) is 10.0. The van der Waals surface area contributed by atoms with Gasteiger partial charge in [-0.05, 0) is 93.3 Å². The Morgan fingerprint density at radius 3 is 2.38 bits per heavy atom. The Morgan fingerprint density at radius 2 is 1.65 bits per heavy atom. The van der Waals surface area contributed by atoms with Crippen molar-refractivity contribution in [2.75, 3.05) is 48.7 Å². The van der Waals surface area contributed by atoms with Gasteiger partial charge < -0.3 is 19.9 Å². The highest BCUT2D eigenvalue weighted by Crippen LogP contribution is 2.34. The number of aromatic nitrogens is 1. The van der Waals surface area contributed by atoms with Crippen molar-refractivity contribution < 1.29 is 22.7 Å². The molecule has 256 valence electrons. The highest BCUT2D eigenvalue weighted by Gasteiger charge is 2.31. The first-order valence-electron chi connectivity index (χ1n) is 16.7. The standard InChI is InChI=1S/C38H45F3N4O2S/c1-37(2,3)47-36(46)45-22-20-44(21-23-45)34-16-14-31(26-29(34)25-28-11-7-6-8-12-28)42-18-9-4-5-10-24-48-35-17-19-43-33-27-30(38(39,40)41)13-15-32(33)35/h6-8,11-17,19,26-27,42H,4-5,9-10,18,20-25H2,1-3H3. The molecule has 5 rings (SSSR count). The van der Waals surface area contributed by atoms with Gasteiger partial charge in [-0.1, -0.05) is 49.2 Å². The van der Waals surface area contributed by atoms with Crippen molar-refractivity contribution in [3.05, 3.63) is 95.7 Å². The molecule has 1 aliphatic heterocycles. The molecule has 1 fully saturated rings. The summed E-state index contributed by atoms with van der Waals surface area (Å²) in [5.74, 6) is 0.907. The third-order valence-electron chi connectivity index (χ3n) is 8.28. The SMILES string of the molecule is CC(C)(C)OC(=O)N1CCN(c2ccc(NCCCCCCSc3ccnc4cc(C(F)(F)F)ccc34)cc2Cc2ccccc2)CC1. The van der Waals surface area contributed by atoms with Crippen molar-refractivity contribution in [3.8, 4) is 0 Å². The average Bonchev–Trinajstić information content (AvgIpc) is 3.05. The molecule has 4 aromatic rings. The fraction of sp³-hybridized carbons (Fsp3) is 0.421. The van der Waals surface area contributed by atoms with E-state index in [1.54, 1.807) is 22.9 Å². The number of nitrogens with one attached hydrogen (secondary N) is 1. The molecule has 1 aromatic heterocycles. The lowest BCUT2D eigenvalue weighted by molar-refractivity contribution is -0.137. The van der Waals surface area contributed by atoms with Crippen LogP contribution in [0.4, 0.5) is 29.3 Å². The van der Waals surface area contributed by atoms with Crippen molar-refractivity contribution in [1.29, 1.82) is 0 Å². The number of carbonyl (C=O) groups excluding carboxylic acids is 1. The average molecular weight is 679 g/mol. The quantitative estimate of drug-likeness (QED) is 0.119. The number of anilines is 2. The van der Waals surface area contributed by atoms with Crippen LogP contribution in [0.15, 0.2) is 83.9 Å². The third-order valence-corrected chi connectivity index (χ3v) is 9.44. The van der Waals surface area contributed by atoms with Gasteiger partial charge in [-0.2, -0.15) is 13.2 Å². The van der Waals surface area contributed by atoms with Crippen LogP contribution in [-0.2, 0) is 17.3 Å². The molecule has 0 aliphatic carbocycles. The Labute approximate surface area is 286 Å². The lowest BCUT2D eigenvalue weighted by Gasteiger charge is -2.37. The second kappa shape index (κ2) is 16.0. The summed E-state index contributed by atoms with van der Waals surface area (Å²) in [4.78, 5) is 21.9. The van der Waals surface area contributed by atoms with E-state index in [4.69, 9.17) is 4.74 Å². The molecular weight excluding hydrogens is 634 g/mol. The number of fused-ring (bicyclic) bond motifs is 1. The molecule has 48 heavy (non-hydrogen) atoms. The molecule has 6 nitrogen and oxygen atoms in total. The number of halogens is 3. The van der Waals surface area contributed by atoms with Crippen molar-refractivity contribution in [1.82, 2.24) is 9.88 Å². The van der Waals surface area contributed by atoms with E-state index >= 15 is 0 Å². The Balaban J connectivity index is 1.09. The zero-order valence-electron chi connectivity index (χ0n) is 28.0. The van der Waals surface area contributed by atoms with Crippen LogP contribution in [0.3, 0.4) is 0 Å². The Bertz CT molecular complexity index is 1650. The van der Waals surface area contributed by atoms with E-state index in [1.807, 2.05) is 32.9 Å². The fourth-order valence-corrected chi connectivity index (χ4v) is 6.89. The van der Waals surface area contributed by atoms with Gasteiger partial charge >= 0.3 is 12.3 Å². The fourth-order valence-electron chi connectivity index (χ4n) is 5.84. The van der Waals surface area contributed by atoms with Gasteiger partial charge in [-0.15, -0.1) is 11.8 Å². The van der Waals surface area contributed by atoms with Crippen LogP contribution in [0.5, 0.6) is 0 Å². The van der Waals surface area contributed by atoms with E-state index in [9.17, 15) is 18.0 Å². The molecule has 0 bridgehead atoms. The number of rotatable bonds is 12. The summed E-state index contributed by atoms with van der Waals surface area (Å²) in [5.41, 5.74) is 4.02. The number of piperazine rings is 1. The molecule has 0 unspecified atom stereocenters.